The molecular weight excluding hydrogens is 474 g/mol. The third-order valence-electron chi connectivity index (χ3n) is 6.52. The van der Waals surface area contributed by atoms with Crippen LogP contribution >= 0.6 is 0 Å². The molecule has 1 N–H and O–H groups in total. The molecular formula is C29H35NO7. The molecule has 1 aliphatic rings. The number of esters is 2. The lowest BCUT2D eigenvalue weighted by Gasteiger charge is -2.27. The van der Waals surface area contributed by atoms with Gasteiger partial charge in [0.1, 0.15) is 6.04 Å². The van der Waals surface area contributed by atoms with Gasteiger partial charge in [-0.25, -0.2) is 4.79 Å². The van der Waals surface area contributed by atoms with Gasteiger partial charge in [0, 0.05) is 18.0 Å². The highest BCUT2D eigenvalue weighted by Crippen LogP contribution is 2.34. The van der Waals surface area contributed by atoms with Crippen LogP contribution in [0.5, 0.6) is 0 Å². The fourth-order valence-electron chi connectivity index (χ4n) is 4.41. The molecule has 2 aromatic rings. The standard InChI is InChI=1S/C29H35NO7/c1-19(25(31)30-23-13-9-8-12-21(23)17-24(30)26(32)33)16-22(15-14-20-10-6-5-7-11-20)27(34)36-18-37-28(35)29(2,3)4/h5-13,19,22,24H,14-18H2,1-4H3,(H,32,33)/t19-,22-,24+/m1/s1. The molecule has 3 rings (SSSR count). The molecule has 0 fully saturated rings. The van der Waals surface area contributed by atoms with E-state index in [0.717, 1.165) is 11.1 Å². The maximum atomic E-state index is 13.5. The first-order valence-electron chi connectivity index (χ1n) is 12.5. The summed E-state index contributed by atoms with van der Waals surface area (Å²) in [5.41, 5.74) is 1.70. The first-order valence-corrected chi connectivity index (χ1v) is 12.5. The summed E-state index contributed by atoms with van der Waals surface area (Å²) in [7, 11) is 0. The molecule has 0 aliphatic carbocycles. The second-order valence-corrected chi connectivity index (χ2v) is 10.5. The average molecular weight is 510 g/mol. The number of benzene rings is 2. The minimum absolute atomic E-state index is 0.169. The second kappa shape index (κ2) is 12.0. The zero-order valence-corrected chi connectivity index (χ0v) is 21.8. The Labute approximate surface area is 217 Å². The van der Waals surface area contributed by atoms with Crippen LogP contribution in [0.4, 0.5) is 5.69 Å². The third kappa shape index (κ3) is 7.18. The minimum Gasteiger partial charge on any atom is -0.480 e. The van der Waals surface area contributed by atoms with Gasteiger partial charge in [0.15, 0.2) is 0 Å². The molecule has 0 unspecified atom stereocenters. The number of para-hydroxylation sites is 1. The minimum atomic E-state index is -1.07. The van der Waals surface area contributed by atoms with Gasteiger partial charge in [0.05, 0.1) is 11.3 Å². The number of anilines is 1. The van der Waals surface area contributed by atoms with E-state index >= 15 is 0 Å². The van der Waals surface area contributed by atoms with Crippen molar-refractivity contribution in [3.63, 3.8) is 0 Å². The summed E-state index contributed by atoms with van der Waals surface area (Å²) in [5, 5.41) is 9.76. The van der Waals surface area contributed by atoms with Crippen LogP contribution in [-0.4, -0.2) is 41.8 Å². The van der Waals surface area contributed by atoms with Crippen LogP contribution in [0.15, 0.2) is 54.6 Å². The Morgan fingerprint density at radius 3 is 2.30 bits per heavy atom. The molecule has 198 valence electrons. The Morgan fingerprint density at radius 2 is 1.65 bits per heavy atom. The summed E-state index contributed by atoms with van der Waals surface area (Å²) in [6.07, 6.45) is 1.42. The summed E-state index contributed by atoms with van der Waals surface area (Å²) in [6, 6.07) is 15.8. The highest BCUT2D eigenvalue weighted by Gasteiger charge is 2.40. The number of nitrogens with zero attached hydrogens (tertiary/aromatic N) is 1. The van der Waals surface area contributed by atoms with Crippen molar-refractivity contribution >= 4 is 29.5 Å². The zero-order chi connectivity index (χ0) is 27.2. The maximum Gasteiger partial charge on any atom is 0.327 e. The van der Waals surface area contributed by atoms with E-state index < -0.39 is 48.0 Å². The molecule has 8 heteroatoms. The molecule has 0 saturated carbocycles. The normalized spacial score (nSPS) is 16.4. The smallest absolute Gasteiger partial charge is 0.327 e. The van der Waals surface area contributed by atoms with Crippen LogP contribution in [0.25, 0.3) is 0 Å². The van der Waals surface area contributed by atoms with Crippen LogP contribution in [0.2, 0.25) is 0 Å². The van der Waals surface area contributed by atoms with Crippen molar-refractivity contribution in [3.05, 3.63) is 65.7 Å². The number of aryl methyl sites for hydroxylation is 1. The number of hydrogen-bond donors (Lipinski definition) is 1. The fourth-order valence-corrected chi connectivity index (χ4v) is 4.41. The lowest BCUT2D eigenvalue weighted by Crippen LogP contribution is -2.45. The quantitative estimate of drug-likeness (QED) is 0.373. The number of carbonyl (C=O) groups is 4. The van der Waals surface area contributed by atoms with Gasteiger partial charge in [-0.05, 0) is 57.2 Å². The third-order valence-corrected chi connectivity index (χ3v) is 6.52. The molecule has 0 radical (unpaired) electrons. The molecule has 1 heterocycles. The first-order chi connectivity index (χ1) is 17.5. The Morgan fingerprint density at radius 1 is 1.00 bits per heavy atom. The van der Waals surface area contributed by atoms with E-state index in [1.54, 1.807) is 39.8 Å². The summed E-state index contributed by atoms with van der Waals surface area (Å²) in [5.74, 6) is -3.76. The van der Waals surface area contributed by atoms with Crippen LogP contribution in [-0.2, 0) is 41.5 Å². The largest absolute Gasteiger partial charge is 0.480 e. The van der Waals surface area contributed by atoms with E-state index in [0.29, 0.717) is 18.5 Å². The van der Waals surface area contributed by atoms with Gasteiger partial charge in [0.25, 0.3) is 0 Å². The molecule has 3 atom stereocenters. The average Bonchev–Trinajstić information content (AvgIpc) is 3.25. The summed E-state index contributed by atoms with van der Waals surface area (Å²) in [6.45, 7) is 6.31. The number of carboxylic acid groups (broad SMARTS) is 1. The van der Waals surface area contributed by atoms with E-state index in [1.807, 2.05) is 42.5 Å². The second-order valence-electron chi connectivity index (χ2n) is 10.5. The van der Waals surface area contributed by atoms with Crippen molar-refractivity contribution in [2.45, 2.75) is 59.4 Å². The van der Waals surface area contributed by atoms with E-state index in [1.165, 1.54) is 4.90 Å². The van der Waals surface area contributed by atoms with Crippen molar-refractivity contribution < 1.29 is 33.8 Å². The van der Waals surface area contributed by atoms with Gasteiger partial charge in [-0.15, -0.1) is 0 Å². The first kappa shape index (κ1) is 27.9. The van der Waals surface area contributed by atoms with Crippen molar-refractivity contribution in [3.8, 4) is 0 Å². The Balaban J connectivity index is 1.72. The van der Waals surface area contributed by atoms with Gasteiger partial charge < -0.3 is 14.6 Å². The lowest BCUT2D eigenvalue weighted by molar-refractivity contribution is -0.175. The van der Waals surface area contributed by atoms with Gasteiger partial charge in [0.2, 0.25) is 12.7 Å². The number of carboxylic acids is 1. The molecule has 1 aliphatic heterocycles. The Hall–Kier alpha value is -3.68. The van der Waals surface area contributed by atoms with E-state index in [9.17, 15) is 24.3 Å². The Bertz CT molecular complexity index is 1120. The van der Waals surface area contributed by atoms with E-state index in [-0.39, 0.29) is 18.7 Å². The summed E-state index contributed by atoms with van der Waals surface area (Å²) in [4.78, 5) is 51.8. The highest BCUT2D eigenvalue weighted by atomic mass is 16.7. The lowest BCUT2D eigenvalue weighted by atomic mass is 9.89. The van der Waals surface area contributed by atoms with Crippen LogP contribution in [0, 0.1) is 17.3 Å². The zero-order valence-electron chi connectivity index (χ0n) is 21.8. The molecule has 0 spiro atoms. The van der Waals surface area contributed by atoms with Gasteiger partial charge in [-0.1, -0.05) is 55.5 Å². The molecule has 8 nitrogen and oxygen atoms in total. The van der Waals surface area contributed by atoms with Crippen molar-refractivity contribution in [2.24, 2.45) is 17.3 Å². The van der Waals surface area contributed by atoms with Gasteiger partial charge in [-0.2, -0.15) is 0 Å². The number of ether oxygens (including phenoxy) is 2. The summed E-state index contributed by atoms with van der Waals surface area (Å²) >= 11 is 0. The maximum absolute atomic E-state index is 13.5. The van der Waals surface area contributed by atoms with Crippen LogP contribution in [0.3, 0.4) is 0 Å². The van der Waals surface area contributed by atoms with Crippen molar-refractivity contribution in [2.75, 3.05) is 11.7 Å². The topological polar surface area (TPSA) is 110 Å². The number of rotatable bonds is 10. The molecule has 1 amide bonds. The van der Waals surface area contributed by atoms with Crippen LogP contribution < -0.4 is 4.90 Å². The van der Waals surface area contributed by atoms with Crippen LogP contribution in [0.1, 0.15) is 51.7 Å². The predicted molar refractivity (Wildman–Crippen MR) is 138 cm³/mol. The fraction of sp³-hybridized carbons (Fsp3) is 0.448. The molecule has 0 bridgehead atoms. The number of aliphatic carboxylic acids is 1. The van der Waals surface area contributed by atoms with Gasteiger partial charge >= 0.3 is 17.9 Å². The monoisotopic (exact) mass is 509 g/mol. The molecule has 0 aromatic heterocycles. The number of amides is 1. The van der Waals surface area contributed by atoms with Crippen molar-refractivity contribution in [1.82, 2.24) is 0 Å². The van der Waals surface area contributed by atoms with E-state index in [2.05, 4.69) is 0 Å². The highest BCUT2D eigenvalue weighted by molar-refractivity contribution is 6.03. The van der Waals surface area contributed by atoms with Crippen molar-refractivity contribution in [1.29, 1.82) is 0 Å². The number of hydrogen-bond acceptors (Lipinski definition) is 6. The van der Waals surface area contributed by atoms with Gasteiger partial charge in [-0.3, -0.25) is 19.3 Å². The number of fused-ring (bicyclic) bond motifs is 1. The molecule has 0 saturated heterocycles. The molecule has 2 aromatic carbocycles. The van der Waals surface area contributed by atoms with E-state index in [4.69, 9.17) is 9.47 Å². The summed E-state index contributed by atoms with van der Waals surface area (Å²) < 4.78 is 10.4. The SMILES string of the molecule is C[C@H](C[C@@H](CCc1ccccc1)C(=O)OCOC(=O)C(C)(C)C)C(=O)N1c2ccccc2C[C@H]1C(=O)O. The number of carbonyl (C=O) groups excluding carboxylic acids is 3. The molecule has 37 heavy (non-hydrogen) atoms. The predicted octanol–water partition coefficient (Wildman–Crippen LogP) is 4.39. The Kier molecular flexibility index (Phi) is 9.08.